The molecule has 1 atom stereocenters. The van der Waals surface area contributed by atoms with Crippen LogP contribution in [0.1, 0.15) is 18.4 Å². The monoisotopic (exact) mass is 263 g/mol. The highest BCUT2D eigenvalue weighted by Gasteiger charge is 2.25. The molecule has 0 saturated carbocycles. The molecule has 0 spiro atoms. The lowest BCUT2D eigenvalue weighted by Gasteiger charge is -2.34. The van der Waals surface area contributed by atoms with Crippen molar-refractivity contribution in [1.82, 2.24) is 5.32 Å². The van der Waals surface area contributed by atoms with Crippen molar-refractivity contribution in [1.29, 1.82) is 0 Å². The lowest BCUT2D eigenvalue weighted by atomic mass is 9.97. The molecule has 1 heterocycles. The van der Waals surface area contributed by atoms with Gasteiger partial charge in [0.05, 0.1) is 4.92 Å². The van der Waals surface area contributed by atoms with Crippen molar-refractivity contribution >= 4 is 11.4 Å². The number of nitrogens with zero attached hydrogens (tertiary/aromatic N) is 2. The highest BCUT2D eigenvalue weighted by atomic mass is 16.6. The Balaban J connectivity index is 2.24. The first-order valence-corrected chi connectivity index (χ1v) is 6.76. The van der Waals surface area contributed by atoms with Gasteiger partial charge in [-0.05, 0) is 50.9 Å². The van der Waals surface area contributed by atoms with Gasteiger partial charge >= 0.3 is 0 Å². The Hall–Kier alpha value is -1.62. The number of aryl methyl sites for hydroxylation is 1. The molecule has 2 rings (SSSR count). The highest BCUT2D eigenvalue weighted by molar-refractivity contribution is 5.64. The summed E-state index contributed by atoms with van der Waals surface area (Å²) < 4.78 is 0. The molecule has 1 aromatic rings. The van der Waals surface area contributed by atoms with Crippen molar-refractivity contribution in [3.63, 3.8) is 0 Å². The molecule has 5 heteroatoms. The number of hydrogen-bond donors (Lipinski definition) is 1. The second-order valence-corrected chi connectivity index (χ2v) is 5.26. The van der Waals surface area contributed by atoms with E-state index in [0.29, 0.717) is 5.92 Å². The van der Waals surface area contributed by atoms with Gasteiger partial charge in [-0.1, -0.05) is 6.07 Å². The molecule has 1 fully saturated rings. The zero-order valence-electron chi connectivity index (χ0n) is 11.6. The van der Waals surface area contributed by atoms with Crippen molar-refractivity contribution in [2.45, 2.75) is 19.8 Å². The maximum Gasteiger partial charge on any atom is 0.292 e. The molecule has 1 unspecified atom stereocenters. The number of benzene rings is 1. The molecular formula is C14H21N3O2. The van der Waals surface area contributed by atoms with E-state index in [-0.39, 0.29) is 10.6 Å². The molecule has 5 nitrogen and oxygen atoms in total. The van der Waals surface area contributed by atoms with E-state index in [1.807, 2.05) is 20.0 Å². The van der Waals surface area contributed by atoms with Gasteiger partial charge in [0.2, 0.25) is 0 Å². The van der Waals surface area contributed by atoms with Gasteiger partial charge in [-0.3, -0.25) is 10.1 Å². The Morgan fingerprint density at radius 3 is 3.00 bits per heavy atom. The van der Waals surface area contributed by atoms with Gasteiger partial charge in [0.1, 0.15) is 5.69 Å². The van der Waals surface area contributed by atoms with Crippen molar-refractivity contribution in [3.8, 4) is 0 Å². The summed E-state index contributed by atoms with van der Waals surface area (Å²) in [6.45, 7) is 4.74. The van der Waals surface area contributed by atoms with E-state index in [0.717, 1.165) is 37.3 Å². The van der Waals surface area contributed by atoms with Crippen LogP contribution in [0.3, 0.4) is 0 Å². The largest absolute Gasteiger partial charge is 0.366 e. The summed E-state index contributed by atoms with van der Waals surface area (Å²) in [6, 6.07) is 5.35. The van der Waals surface area contributed by atoms with Crippen LogP contribution in [-0.4, -0.2) is 31.6 Å². The van der Waals surface area contributed by atoms with E-state index in [9.17, 15) is 10.1 Å². The lowest BCUT2D eigenvalue weighted by molar-refractivity contribution is -0.384. The zero-order valence-corrected chi connectivity index (χ0v) is 11.6. The van der Waals surface area contributed by atoms with E-state index in [1.54, 1.807) is 12.1 Å². The molecule has 19 heavy (non-hydrogen) atoms. The smallest absolute Gasteiger partial charge is 0.292 e. The maximum atomic E-state index is 11.1. The first-order valence-electron chi connectivity index (χ1n) is 6.76. The summed E-state index contributed by atoms with van der Waals surface area (Å²) in [5.74, 6) is 0.568. The van der Waals surface area contributed by atoms with Crippen molar-refractivity contribution in [3.05, 3.63) is 33.9 Å². The standard InChI is InChI=1S/C14H21N3O2/c1-11-5-6-13(17(18)19)14(8-11)16-7-3-4-12(10-16)9-15-2/h5-6,8,12,15H,3-4,7,9-10H2,1-2H3. The Morgan fingerprint density at radius 1 is 1.53 bits per heavy atom. The average molecular weight is 263 g/mol. The Labute approximate surface area is 113 Å². The summed E-state index contributed by atoms with van der Waals surface area (Å²) >= 11 is 0. The molecule has 1 aliphatic heterocycles. The molecule has 0 bridgehead atoms. The van der Waals surface area contributed by atoms with Crippen LogP contribution in [0.4, 0.5) is 11.4 Å². The molecule has 0 radical (unpaired) electrons. The van der Waals surface area contributed by atoms with Crippen molar-refractivity contribution in [2.24, 2.45) is 5.92 Å². The average Bonchev–Trinajstić information content (AvgIpc) is 2.39. The Kier molecular flexibility index (Phi) is 4.37. The number of anilines is 1. The fourth-order valence-electron chi connectivity index (χ4n) is 2.78. The first kappa shape index (κ1) is 13.8. The fourth-order valence-corrected chi connectivity index (χ4v) is 2.78. The van der Waals surface area contributed by atoms with E-state index in [1.165, 1.54) is 6.42 Å². The maximum absolute atomic E-state index is 11.1. The lowest BCUT2D eigenvalue weighted by Crippen LogP contribution is -2.39. The van der Waals surface area contributed by atoms with Gasteiger partial charge in [0, 0.05) is 19.2 Å². The third-order valence-electron chi connectivity index (χ3n) is 3.68. The number of hydrogen-bond acceptors (Lipinski definition) is 4. The van der Waals surface area contributed by atoms with Crippen LogP contribution < -0.4 is 10.2 Å². The summed E-state index contributed by atoms with van der Waals surface area (Å²) in [4.78, 5) is 13.0. The summed E-state index contributed by atoms with van der Waals surface area (Å²) in [5, 5.41) is 14.3. The summed E-state index contributed by atoms with van der Waals surface area (Å²) in [6.07, 6.45) is 2.29. The van der Waals surface area contributed by atoms with Gasteiger partial charge in [0.15, 0.2) is 0 Å². The summed E-state index contributed by atoms with van der Waals surface area (Å²) in [5.41, 5.74) is 2.05. The van der Waals surface area contributed by atoms with Crippen LogP contribution in [0.2, 0.25) is 0 Å². The minimum atomic E-state index is -0.281. The first-order chi connectivity index (χ1) is 9.11. The second-order valence-electron chi connectivity index (χ2n) is 5.26. The number of nitrogens with one attached hydrogen (secondary N) is 1. The van der Waals surface area contributed by atoms with Gasteiger partial charge in [-0.2, -0.15) is 0 Å². The number of nitro groups is 1. The van der Waals surface area contributed by atoms with Gasteiger partial charge in [-0.15, -0.1) is 0 Å². The normalized spacial score (nSPS) is 19.5. The molecular weight excluding hydrogens is 242 g/mol. The van der Waals surface area contributed by atoms with Crippen LogP contribution in [-0.2, 0) is 0 Å². The van der Waals surface area contributed by atoms with Gasteiger partial charge in [-0.25, -0.2) is 0 Å². The molecule has 1 N–H and O–H groups in total. The van der Waals surface area contributed by atoms with Crippen LogP contribution in [0.25, 0.3) is 0 Å². The number of rotatable bonds is 4. The number of piperidine rings is 1. The van der Waals surface area contributed by atoms with Crippen LogP contribution in [0, 0.1) is 23.0 Å². The predicted octanol–water partition coefficient (Wildman–Crippen LogP) is 2.34. The molecule has 1 saturated heterocycles. The minimum Gasteiger partial charge on any atom is -0.366 e. The number of nitro benzene ring substituents is 1. The van der Waals surface area contributed by atoms with Crippen LogP contribution in [0.15, 0.2) is 18.2 Å². The third kappa shape index (κ3) is 3.23. The fraction of sp³-hybridized carbons (Fsp3) is 0.571. The van der Waals surface area contributed by atoms with Gasteiger partial charge < -0.3 is 10.2 Å². The molecule has 104 valence electrons. The quantitative estimate of drug-likeness (QED) is 0.669. The molecule has 0 aliphatic carbocycles. The van der Waals surface area contributed by atoms with Crippen LogP contribution >= 0.6 is 0 Å². The molecule has 0 amide bonds. The molecule has 1 aliphatic rings. The summed E-state index contributed by atoms with van der Waals surface area (Å²) in [7, 11) is 1.95. The molecule has 1 aromatic carbocycles. The Bertz CT molecular complexity index is 460. The predicted molar refractivity (Wildman–Crippen MR) is 76.7 cm³/mol. The van der Waals surface area contributed by atoms with E-state index in [2.05, 4.69) is 10.2 Å². The molecule has 0 aromatic heterocycles. The van der Waals surface area contributed by atoms with E-state index >= 15 is 0 Å². The van der Waals surface area contributed by atoms with Crippen molar-refractivity contribution in [2.75, 3.05) is 31.6 Å². The zero-order chi connectivity index (χ0) is 13.8. The van der Waals surface area contributed by atoms with Crippen LogP contribution in [0.5, 0.6) is 0 Å². The van der Waals surface area contributed by atoms with E-state index < -0.39 is 0 Å². The SMILES string of the molecule is CNCC1CCCN(c2cc(C)ccc2[N+](=O)[O-])C1. The topological polar surface area (TPSA) is 58.4 Å². The minimum absolute atomic E-state index is 0.218. The Morgan fingerprint density at radius 2 is 2.32 bits per heavy atom. The van der Waals surface area contributed by atoms with Gasteiger partial charge in [0.25, 0.3) is 5.69 Å². The van der Waals surface area contributed by atoms with E-state index in [4.69, 9.17) is 0 Å². The second kappa shape index (κ2) is 6.02. The van der Waals surface area contributed by atoms with Crippen molar-refractivity contribution < 1.29 is 4.92 Å². The third-order valence-corrected chi connectivity index (χ3v) is 3.68. The highest BCUT2D eigenvalue weighted by Crippen LogP contribution is 2.32.